The molecule has 0 aliphatic carbocycles. The summed E-state index contributed by atoms with van der Waals surface area (Å²) in [6.45, 7) is 4.85. The van der Waals surface area contributed by atoms with Gasteiger partial charge in [-0.25, -0.2) is 8.78 Å². The van der Waals surface area contributed by atoms with E-state index in [0.717, 1.165) is 12.1 Å². The number of nitrogens with one attached hydrogen (secondary N) is 1. The number of carbonyl (C=O) groups excluding carboxylic acids is 1. The van der Waals surface area contributed by atoms with Gasteiger partial charge in [-0.1, -0.05) is 6.07 Å². The molecule has 1 unspecified atom stereocenters. The van der Waals surface area contributed by atoms with E-state index in [1.165, 1.54) is 6.07 Å². The molecule has 0 fully saturated rings. The van der Waals surface area contributed by atoms with Gasteiger partial charge in [0.25, 0.3) is 0 Å². The Morgan fingerprint density at radius 3 is 2.58 bits per heavy atom. The van der Waals surface area contributed by atoms with Crippen molar-refractivity contribution in [3.63, 3.8) is 0 Å². The highest BCUT2D eigenvalue weighted by Gasteiger charge is 2.17. The molecule has 5 heteroatoms. The molecule has 1 aromatic rings. The second-order valence-electron chi connectivity index (χ2n) is 5.27. The fourth-order valence-corrected chi connectivity index (χ4v) is 1.66. The van der Waals surface area contributed by atoms with Crippen molar-refractivity contribution in [1.82, 2.24) is 5.32 Å². The van der Waals surface area contributed by atoms with Gasteiger partial charge in [-0.2, -0.15) is 0 Å². The fraction of sp³-hybridized carbons (Fsp3) is 0.500. The summed E-state index contributed by atoms with van der Waals surface area (Å²) in [5.74, 6) is -1.62. The lowest BCUT2D eigenvalue weighted by Gasteiger charge is -2.18. The molecule has 0 aromatic heterocycles. The Morgan fingerprint density at radius 1 is 1.42 bits per heavy atom. The van der Waals surface area contributed by atoms with Gasteiger partial charge in [0, 0.05) is 18.1 Å². The maximum absolute atomic E-state index is 13.5. The van der Waals surface area contributed by atoms with Crippen LogP contribution >= 0.6 is 0 Å². The minimum Gasteiger partial charge on any atom is -0.390 e. The van der Waals surface area contributed by atoms with E-state index in [-0.39, 0.29) is 17.9 Å². The van der Waals surface area contributed by atoms with Crippen LogP contribution in [0.2, 0.25) is 0 Å². The molecule has 0 saturated carbocycles. The van der Waals surface area contributed by atoms with Gasteiger partial charge in [-0.3, -0.25) is 4.79 Å². The van der Waals surface area contributed by atoms with Crippen LogP contribution in [0.4, 0.5) is 8.78 Å². The summed E-state index contributed by atoms with van der Waals surface area (Å²) in [6, 6.07) is 2.70. The lowest BCUT2D eigenvalue weighted by molar-refractivity contribution is -0.122. The summed E-state index contributed by atoms with van der Waals surface area (Å²) in [6.07, 6.45) is 0.466. The third-order valence-electron chi connectivity index (χ3n) is 2.77. The number of hydrogen-bond acceptors (Lipinski definition) is 2. The molecule has 0 radical (unpaired) electrons. The summed E-state index contributed by atoms with van der Waals surface area (Å²) < 4.78 is 26.3. The highest BCUT2D eigenvalue weighted by atomic mass is 19.1. The van der Waals surface area contributed by atoms with E-state index < -0.39 is 23.3 Å². The number of hydrogen-bond donors (Lipinski definition) is 2. The number of rotatable bonds is 5. The normalized spacial score (nSPS) is 13.2. The lowest BCUT2D eigenvalue weighted by Crippen LogP contribution is -2.29. The molecular weight excluding hydrogens is 252 g/mol. The lowest BCUT2D eigenvalue weighted by atomic mass is 10.0. The van der Waals surface area contributed by atoms with Crippen molar-refractivity contribution < 1.29 is 18.7 Å². The molecule has 1 rings (SSSR count). The predicted molar refractivity (Wildman–Crippen MR) is 68.4 cm³/mol. The second kappa shape index (κ2) is 6.10. The first-order valence-corrected chi connectivity index (χ1v) is 6.16. The number of aliphatic hydroxyl groups is 1. The van der Waals surface area contributed by atoms with Gasteiger partial charge in [-0.15, -0.1) is 0 Å². The Kier molecular flexibility index (Phi) is 5.00. The van der Waals surface area contributed by atoms with Crippen molar-refractivity contribution in [3.8, 4) is 0 Å². The van der Waals surface area contributed by atoms with Crippen LogP contribution in [0.3, 0.4) is 0 Å². The van der Waals surface area contributed by atoms with Crippen LogP contribution < -0.4 is 5.32 Å². The second-order valence-corrected chi connectivity index (χ2v) is 5.27. The van der Waals surface area contributed by atoms with Crippen LogP contribution in [0.15, 0.2) is 18.2 Å². The first-order chi connectivity index (χ1) is 8.69. The summed E-state index contributed by atoms with van der Waals surface area (Å²) in [4.78, 5) is 11.6. The molecule has 0 aliphatic heterocycles. The molecule has 106 valence electrons. The predicted octanol–water partition coefficient (Wildman–Crippen LogP) is 2.69. The molecule has 0 saturated heterocycles. The van der Waals surface area contributed by atoms with Gasteiger partial charge < -0.3 is 10.4 Å². The van der Waals surface area contributed by atoms with Crippen LogP contribution in [0.5, 0.6) is 0 Å². The summed E-state index contributed by atoms with van der Waals surface area (Å²) in [5, 5.41) is 12.1. The zero-order valence-electron chi connectivity index (χ0n) is 11.3. The molecule has 3 nitrogen and oxygen atoms in total. The zero-order valence-corrected chi connectivity index (χ0v) is 11.3. The summed E-state index contributed by atoms with van der Waals surface area (Å²) in [5.41, 5.74) is -0.681. The van der Waals surface area contributed by atoms with Crippen molar-refractivity contribution in [2.24, 2.45) is 0 Å². The minimum absolute atomic E-state index is 0.149. The summed E-state index contributed by atoms with van der Waals surface area (Å²) in [7, 11) is 0. The molecule has 19 heavy (non-hydrogen) atoms. The van der Waals surface area contributed by atoms with Gasteiger partial charge in [0.1, 0.15) is 11.6 Å². The molecule has 0 heterocycles. The third-order valence-corrected chi connectivity index (χ3v) is 2.77. The van der Waals surface area contributed by atoms with Crippen LogP contribution in [0.25, 0.3) is 0 Å². The van der Waals surface area contributed by atoms with Gasteiger partial charge in [0.2, 0.25) is 5.91 Å². The quantitative estimate of drug-likeness (QED) is 0.865. The average Bonchev–Trinajstić information content (AvgIpc) is 2.25. The highest BCUT2D eigenvalue weighted by Crippen LogP contribution is 2.18. The zero-order chi connectivity index (χ0) is 14.6. The smallest absolute Gasteiger partial charge is 0.220 e. The van der Waals surface area contributed by atoms with Gasteiger partial charge in [0.15, 0.2) is 0 Å². The van der Waals surface area contributed by atoms with Crippen LogP contribution in [0.1, 0.15) is 45.2 Å². The Balaban J connectivity index is 2.59. The number of carbonyl (C=O) groups is 1. The van der Waals surface area contributed by atoms with E-state index in [1.807, 2.05) is 0 Å². The first-order valence-electron chi connectivity index (χ1n) is 6.16. The number of benzene rings is 1. The molecule has 1 aromatic carbocycles. The molecule has 0 spiro atoms. The maximum atomic E-state index is 13.5. The Bertz CT molecular complexity index is 455. The van der Waals surface area contributed by atoms with E-state index in [2.05, 4.69) is 5.32 Å². The van der Waals surface area contributed by atoms with Crippen LogP contribution in [-0.2, 0) is 4.79 Å². The molecule has 1 amide bonds. The third kappa shape index (κ3) is 5.34. The van der Waals surface area contributed by atoms with Crippen LogP contribution in [-0.4, -0.2) is 16.6 Å². The number of halogens is 2. The van der Waals surface area contributed by atoms with Crippen molar-refractivity contribution in [2.45, 2.75) is 45.3 Å². The van der Waals surface area contributed by atoms with Crippen molar-refractivity contribution in [1.29, 1.82) is 0 Å². The van der Waals surface area contributed by atoms with Crippen molar-refractivity contribution in [3.05, 3.63) is 35.4 Å². The Labute approximate surface area is 111 Å². The van der Waals surface area contributed by atoms with Gasteiger partial charge >= 0.3 is 0 Å². The van der Waals surface area contributed by atoms with E-state index >= 15 is 0 Å². The molecule has 2 N–H and O–H groups in total. The Morgan fingerprint density at radius 2 is 2.05 bits per heavy atom. The fourth-order valence-electron chi connectivity index (χ4n) is 1.66. The monoisotopic (exact) mass is 271 g/mol. The number of amides is 1. The van der Waals surface area contributed by atoms with Gasteiger partial charge in [0.05, 0.1) is 11.6 Å². The maximum Gasteiger partial charge on any atom is 0.220 e. The molecule has 0 aliphatic rings. The molecular formula is C14H19F2NO2. The minimum atomic E-state index is -0.915. The molecule has 1 atom stereocenters. The van der Waals surface area contributed by atoms with E-state index in [0.29, 0.717) is 6.42 Å². The van der Waals surface area contributed by atoms with Crippen LogP contribution in [0, 0.1) is 11.6 Å². The average molecular weight is 271 g/mol. The van der Waals surface area contributed by atoms with E-state index in [4.69, 9.17) is 0 Å². The van der Waals surface area contributed by atoms with Crippen molar-refractivity contribution in [2.75, 3.05) is 0 Å². The van der Waals surface area contributed by atoms with Crippen molar-refractivity contribution >= 4 is 5.91 Å². The van der Waals surface area contributed by atoms with E-state index in [9.17, 15) is 18.7 Å². The largest absolute Gasteiger partial charge is 0.390 e. The molecule has 0 bridgehead atoms. The Hall–Kier alpha value is -1.49. The van der Waals surface area contributed by atoms with Gasteiger partial charge in [-0.05, 0) is 33.3 Å². The topological polar surface area (TPSA) is 49.3 Å². The first kappa shape index (κ1) is 15.6. The highest BCUT2D eigenvalue weighted by molar-refractivity contribution is 5.76. The SMILES string of the molecule is CC(NC(=O)CCC(C)(C)O)c1ccc(F)cc1F. The standard InChI is InChI=1S/C14H19F2NO2/c1-9(11-5-4-10(15)8-12(11)16)17-13(18)6-7-14(2,3)19/h4-5,8-9,19H,6-7H2,1-3H3,(H,17,18). The summed E-state index contributed by atoms with van der Waals surface area (Å²) >= 11 is 0. The van der Waals surface area contributed by atoms with E-state index in [1.54, 1.807) is 20.8 Å².